The number of sulfonamides is 1. The third-order valence-corrected chi connectivity index (χ3v) is 4.38. The summed E-state index contributed by atoms with van der Waals surface area (Å²) in [4.78, 5) is -0.302. The van der Waals surface area contributed by atoms with E-state index in [-0.39, 0.29) is 11.4 Å². The molecular formula is C13H19F3N2O3S. The maximum Gasteiger partial charge on any atom is 0.573 e. The molecule has 3 N–H and O–H groups in total. The smallest absolute Gasteiger partial charge is 0.406 e. The normalized spacial score (nSPS) is 13.9. The van der Waals surface area contributed by atoms with E-state index in [2.05, 4.69) is 9.46 Å². The van der Waals surface area contributed by atoms with Crippen molar-refractivity contribution >= 4 is 10.0 Å². The average Bonchev–Trinajstić information content (AvgIpc) is 2.41. The minimum atomic E-state index is -4.88. The van der Waals surface area contributed by atoms with Gasteiger partial charge in [-0.15, -0.1) is 13.2 Å². The molecule has 0 heterocycles. The lowest BCUT2D eigenvalue weighted by Gasteiger charge is -2.17. The standard InChI is InChI=1S/C13H19F3N2O3S/c1-2-3-5-10(9-17)18-22(19,20)12-7-4-6-11(8-12)21-13(14,15)16/h4,6-8,10,18H,2-3,5,9,17H2,1H3. The summed E-state index contributed by atoms with van der Waals surface area (Å²) in [6.45, 7) is 2.07. The van der Waals surface area contributed by atoms with Crippen LogP contribution in [0.4, 0.5) is 13.2 Å². The molecule has 0 fully saturated rings. The zero-order valence-electron chi connectivity index (χ0n) is 12.1. The highest BCUT2D eigenvalue weighted by atomic mass is 32.2. The molecule has 1 rings (SSSR count). The van der Waals surface area contributed by atoms with Crippen LogP contribution < -0.4 is 15.2 Å². The summed E-state index contributed by atoms with van der Waals surface area (Å²) >= 11 is 0. The summed E-state index contributed by atoms with van der Waals surface area (Å²) in [6.07, 6.45) is -2.64. The van der Waals surface area contributed by atoms with Crippen molar-refractivity contribution in [3.05, 3.63) is 24.3 Å². The van der Waals surface area contributed by atoms with Gasteiger partial charge in [-0.05, 0) is 18.6 Å². The fourth-order valence-electron chi connectivity index (χ4n) is 1.80. The lowest BCUT2D eigenvalue weighted by molar-refractivity contribution is -0.274. The van der Waals surface area contributed by atoms with Gasteiger partial charge in [0.25, 0.3) is 0 Å². The Kier molecular flexibility index (Phi) is 6.64. The maximum absolute atomic E-state index is 12.2. The Morgan fingerprint density at radius 3 is 2.59 bits per heavy atom. The zero-order chi connectivity index (χ0) is 16.8. The molecule has 0 aliphatic carbocycles. The van der Waals surface area contributed by atoms with E-state index in [0.717, 1.165) is 25.0 Å². The van der Waals surface area contributed by atoms with Gasteiger partial charge < -0.3 is 10.5 Å². The molecule has 0 aliphatic rings. The Balaban J connectivity index is 2.90. The summed E-state index contributed by atoms with van der Waals surface area (Å²) in [5.74, 6) is -0.590. The quantitative estimate of drug-likeness (QED) is 0.761. The van der Waals surface area contributed by atoms with Gasteiger partial charge >= 0.3 is 6.36 Å². The highest BCUT2D eigenvalue weighted by molar-refractivity contribution is 7.89. The van der Waals surface area contributed by atoms with E-state index >= 15 is 0 Å². The van der Waals surface area contributed by atoms with Crippen molar-refractivity contribution in [3.63, 3.8) is 0 Å². The van der Waals surface area contributed by atoms with Crippen LogP contribution in [0.15, 0.2) is 29.2 Å². The van der Waals surface area contributed by atoms with Crippen LogP contribution in [0.3, 0.4) is 0 Å². The van der Waals surface area contributed by atoms with E-state index < -0.39 is 28.2 Å². The number of hydrogen-bond donors (Lipinski definition) is 2. The molecule has 0 radical (unpaired) electrons. The molecule has 9 heteroatoms. The van der Waals surface area contributed by atoms with Gasteiger partial charge in [-0.1, -0.05) is 25.8 Å². The van der Waals surface area contributed by atoms with Crippen LogP contribution in [-0.2, 0) is 10.0 Å². The molecule has 0 amide bonds. The van der Waals surface area contributed by atoms with Crippen molar-refractivity contribution in [2.24, 2.45) is 5.73 Å². The summed E-state index contributed by atoms with van der Waals surface area (Å²) in [5, 5.41) is 0. The van der Waals surface area contributed by atoms with Crippen molar-refractivity contribution < 1.29 is 26.3 Å². The predicted molar refractivity (Wildman–Crippen MR) is 75.8 cm³/mol. The van der Waals surface area contributed by atoms with Gasteiger partial charge in [0.1, 0.15) is 5.75 Å². The number of hydrogen-bond acceptors (Lipinski definition) is 4. The maximum atomic E-state index is 12.2. The monoisotopic (exact) mass is 340 g/mol. The summed E-state index contributed by atoms with van der Waals surface area (Å²) in [5.41, 5.74) is 5.51. The molecule has 0 saturated heterocycles. The van der Waals surface area contributed by atoms with Crippen molar-refractivity contribution in [3.8, 4) is 5.75 Å². The van der Waals surface area contributed by atoms with Gasteiger partial charge in [0.2, 0.25) is 10.0 Å². The molecule has 126 valence electrons. The highest BCUT2D eigenvalue weighted by Crippen LogP contribution is 2.25. The Hall–Kier alpha value is -1.32. The molecule has 0 aromatic heterocycles. The lowest BCUT2D eigenvalue weighted by Crippen LogP contribution is -2.40. The van der Waals surface area contributed by atoms with Crippen LogP contribution in [0.2, 0.25) is 0 Å². The molecular weight excluding hydrogens is 321 g/mol. The third kappa shape index (κ3) is 6.20. The van der Waals surface area contributed by atoms with Crippen molar-refractivity contribution in [2.75, 3.05) is 6.54 Å². The molecule has 1 unspecified atom stereocenters. The van der Waals surface area contributed by atoms with Gasteiger partial charge in [-0.25, -0.2) is 13.1 Å². The molecule has 1 aromatic carbocycles. The number of unbranched alkanes of at least 4 members (excludes halogenated alkanes) is 1. The van der Waals surface area contributed by atoms with Gasteiger partial charge in [0.15, 0.2) is 0 Å². The topological polar surface area (TPSA) is 81.4 Å². The summed E-state index contributed by atoms with van der Waals surface area (Å²) < 4.78 is 67.0. The average molecular weight is 340 g/mol. The Morgan fingerprint density at radius 2 is 2.05 bits per heavy atom. The highest BCUT2D eigenvalue weighted by Gasteiger charge is 2.31. The van der Waals surface area contributed by atoms with Crippen LogP contribution in [0.1, 0.15) is 26.2 Å². The van der Waals surface area contributed by atoms with E-state index in [1.165, 1.54) is 12.1 Å². The first-order chi connectivity index (χ1) is 10.2. The Bertz CT molecular complexity index is 576. The Morgan fingerprint density at radius 1 is 1.36 bits per heavy atom. The SMILES string of the molecule is CCCCC(CN)NS(=O)(=O)c1cccc(OC(F)(F)F)c1. The van der Waals surface area contributed by atoms with Gasteiger partial charge in [0, 0.05) is 18.7 Å². The fraction of sp³-hybridized carbons (Fsp3) is 0.538. The molecule has 0 saturated carbocycles. The summed E-state index contributed by atoms with van der Waals surface area (Å²) in [6, 6.07) is 3.77. The van der Waals surface area contributed by atoms with Crippen LogP contribution in [0, 0.1) is 0 Å². The van der Waals surface area contributed by atoms with Crippen molar-refractivity contribution in [2.45, 2.75) is 43.5 Å². The predicted octanol–water partition coefficient (Wildman–Crippen LogP) is 2.38. The van der Waals surface area contributed by atoms with Gasteiger partial charge in [-0.2, -0.15) is 0 Å². The number of nitrogens with one attached hydrogen (secondary N) is 1. The van der Waals surface area contributed by atoms with Crippen LogP contribution in [0.5, 0.6) is 5.75 Å². The van der Waals surface area contributed by atoms with E-state index in [1.807, 2.05) is 6.92 Å². The first-order valence-corrected chi connectivity index (χ1v) is 8.24. The van der Waals surface area contributed by atoms with E-state index in [1.54, 1.807) is 0 Å². The first-order valence-electron chi connectivity index (χ1n) is 6.76. The number of rotatable bonds is 8. The number of alkyl halides is 3. The van der Waals surface area contributed by atoms with Gasteiger partial charge in [0.05, 0.1) is 4.90 Å². The fourth-order valence-corrected chi connectivity index (χ4v) is 3.12. The van der Waals surface area contributed by atoms with E-state index in [0.29, 0.717) is 6.42 Å². The van der Waals surface area contributed by atoms with Crippen molar-refractivity contribution in [1.82, 2.24) is 4.72 Å². The van der Waals surface area contributed by atoms with Crippen LogP contribution in [-0.4, -0.2) is 27.4 Å². The van der Waals surface area contributed by atoms with Gasteiger partial charge in [-0.3, -0.25) is 0 Å². The second-order valence-electron chi connectivity index (χ2n) is 4.72. The van der Waals surface area contributed by atoms with Crippen molar-refractivity contribution in [1.29, 1.82) is 0 Å². The minimum absolute atomic E-state index is 0.109. The number of benzene rings is 1. The molecule has 1 aromatic rings. The van der Waals surface area contributed by atoms with Crippen LogP contribution in [0.25, 0.3) is 0 Å². The number of nitrogens with two attached hydrogens (primary N) is 1. The lowest BCUT2D eigenvalue weighted by atomic mass is 10.1. The largest absolute Gasteiger partial charge is 0.573 e. The molecule has 22 heavy (non-hydrogen) atoms. The van der Waals surface area contributed by atoms with E-state index in [9.17, 15) is 21.6 Å². The third-order valence-electron chi connectivity index (χ3n) is 2.86. The molecule has 0 spiro atoms. The molecule has 1 atom stereocenters. The number of ether oxygens (including phenoxy) is 1. The molecule has 5 nitrogen and oxygen atoms in total. The second-order valence-corrected chi connectivity index (χ2v) is 6.43. The summed E-state index contributed by atoms with van der Waals surface area (Å²) in [7, 11) is -3.96. The Labute approximate surface area is 127 Å². The number of halogens is 3. The molecule has 0 bridgehead atoms. The minimum Gasteiger partial charge on any atom is -0.406 e. The second kappa shape index (κ2) is 7.80. The first kappa shape index (κ1) is 18.7. The van der Waals surface area contributed by atoms with E-state index in [4.69, 9.17) is 5.73 Å². The zero-order valence-corrected chi connectivity index (χ0v) is 12.9. The van der Waals surface area contributed by atoms with Crippen LogP contribution >= 0.6 is 0 Å². The molecule has 0 aliphatic heterocycles.